The largest absolute Gasteiger partial charge is 0.378 e. The Bertz CT molecular complexity index is 605. The van der Waals surface area contributed by atoms with Crippen LogP contribution >= 0.6 is 22.6 Å². The monoisotopic (exact) mass is 360 g/mol. The van der Waals surface area contributed by atoms with Gasteiger partial charge < -0.3 is 14.3 Å². The molecule has 0 spiro atoms. The molecule has 18 heavy (non-hydrogen) atoms. The number of aryl methyl sites for hydroxylation is 1. The van der Waals surface area contributed by atoms with E-state index in [0.29, 0.717) is 21.7 Å². The molecular weight excluding hydrogens is 347 g/mol. The summed E-state index contributed by atoms with van der Waals surface area (Å²) in [5.74, 6) is 0.520. The summed E-state index contributed by atoms with van der Waals surface area (Å²) in [5.41, 5.74) is 1.28. The quantitative estimate of drug-likeness (QED) is 0.837. The lowest BCUT2D eigenvalue weighted by Crippen LogP contribution is -2.17. The Labute approximate surface area is 118 Å². The van der Waals surface area contributed by atoms with Gasteiger partial charge in [0.15, 0.2) is 5.82 Å². The molecule has 0 bridgehead atoms. The van der Waals surface area contributed by atoms with Crippen LogP contribution in [-0.2, 0) is 17.9 Å². The first-order valence-corrected chi connectivity index (χ1v) is 6.53. The molecule has 2 aromatic heterocycles. The highest BCUT2D eigenvalue weighted by Gasteiger charge is 2.12. The lowest BCUT2D eigenvalue weighted by Gasteiger charge is -2.07. The van der Waals surface area contributed by atoms with Crippen molar-refractivity contribution in [3.8, 4) is 11.5 Å². The van der Waals surface area contributed by atoms with Gasteiger partial charge in [0.05, 0.1) is 24.8 Å². The van der Waals surface area contributed by atoms with Gasteiger partial charge in [-0.15, -0.1) is 0 Å². The van der Waals surface area contributed by atoms with E-state index in [-0.39, 0.29) is 5.56 Å². The van der Waals surface area contributed by atoms with Crippen molar-refractivity contribution in [2.24, 2.45) is 0 Å². The predicted molar refractivity (Wildman–Crippen MR) is 75.2 cm³/mol. The molecule has 0 radical (unpaired) electrons. The number of nitrogens with zero attached hydrogens (tertiary/aromatic N) is 3. The van der Waals surface area contributed by atoms with Crippen molar-refractivity contribution < 1.29 is 4.74 Å². The van der Waals surface area contributed by atoms with E-state index < -0.39 is 0 Å². The number of methoxy groups -OCH3 is 1. The zero-order valence-corrected chi connectivity index (χ0v) is 12.3. The number of H-pyrrole nitrogens is 1. The summed E-state index contributed by atoms with van der Waals surface area (Å²) in [5, 5.41) is 0. The van der Waals surface area contributed by atoms with E-state index in [4.69, 9.17) is 4.74 Å². The molecule has 1 N–H and O–H groups in total. The molecule has 0 saturated carbocycles. The average Bonchev–Trinajstić information content (AvgIpc) is 2.83. The van der Waals surface area contributed by atoms with Gasteiger partial charge in [-0.1, -0.05) is 0 Å². The van der Waals surface area contributed by atoms with Gasteiger partial charge in [0.1, 0.15) is 9.26 Å². The van der Waals surface area contributed by atoms with Gasteiger partial charge in [-0.2, -0.15) is 0 Å². The van der Waals surface area contributed by atoms with E-state index in [1.165, 1.54) is 0 Å². The Morgan fingerprint density at radius 3 is 3.00 bits per heavy atom. The van der Waals surface area contributed by atoms with E-state index in [9.17, 15) is 4.79 Å². The normalized spacial score (nSPS) is 10.8. The van der Waals surface area contributed by atoms with Gasteiger partial charge in [-0.25, -0.2) is 9.97 Å². The van der Waals surface area contributed by atoms with Gasteiger partial charge in [-0.3, -0.25) is 4.79 Å². The minimum absolute atomic E-state index is 0.156. The summed E-state index contributed by atoms with van der Waals surface area (Å²) >= 11 is 1.97. The molecule has 0 aromatic carbocycles. The maximum atomic E-state index is 11.8. The predicted octanol–water partition coefficient (Wildman–Crippen LogP) is 1.40. The lowest BCUT2D eigenvalue weighted by atomic mass is 10.3. The van der Waals surface area contributed by atoms with Crippen molar-refractivity contribution in [1.29, 1.82) is 0 Å². The Morgan fingerprint density at radius 2 is 2.33 bits per heavy atom. The first-order valence-electron chi connectivity index (χ1n) is 5.45. The molecule has 7 heteroatoms. The van der Waals surface area contributed by atoms with Crippen molar-refractivity contribution in [2.45, 2.75) is 20.1 Å². The topological polar surface area (TPSA) is 72.8 Å². The van der Waals surface area contributed by atoms with Crippen molar-refractivity contribution in [1.82, 2.24) is 19.5 Å². The summed E-state index contributed by atoms with van der Waals surface area (Å²) in [6, 6.07) is 0. The fourth-order valence-electron chi connectivity index (χ4n) is 1.63. The fourth-order valence-corrected chi connectivity index (χ4v) is 2.04. The molecular formula is C11H13IN4O2. The van der Waals surface area contributed by atoms with Crippen LogP contribution in [0, 0.1) is 3.57 Å². The van der Waals surface area contributed by atoms with Crippen molar-refractivity contribution in [3.05, 3.63) is 32.1 Å². The van der Waals surface area contributed by atoms with Crippen LogP contribution in [-0.4, -0.2) is 26.6 Å². The van der Waals surface area contributed by atoms with Crippen molar-refractivity contribution >= 4 is 22.6 Å². The van der Waals surface area contributed by atoms with Crippen LogP contribution in [0.1, 0.15) is 12.6 Å². The molecule has 0 unspecified atom stereocenters. The van der Waals surface area contributed by atoms with Crippen LogP contribution in [0.15, 0.2) is 17.3 Å². The van der Waals surface area contributed by atoms with Gasteiger partial charge in [0, 0.05) is 13.7 Å². The Balaban J connectivity index is 2.55. The molecule has 0 aliphatic rings. The van der Waals surface area contributed by atoms with Crippen LogP contribution in [0.3, 0.4) is 0 Å². The molecule has 2 aromatic rings. The summed E-state index contributed by atoms with van der Waals surface area (Å²) in [4.78, 5) is 23.1. The fraction of sp³-hybridized carbons (Fsp3) is 0.364. The van der Waals surface area contributed by atoms with Gasteiger partial charge in [0.2, 0.25) is 0 Å². The van der Waals surface area contributed by atoms with Gasteiger partial charge in [-0.05, 0) is 29.5 Å². The second kappa shape index (κ2) is 5.61. The zero-order valence-electron chi connectivity index (χ0n) is 10.1. The highest BCUT2D eigenvalue weighted by Crippen LogP contribution is 2.15. The molecule has 0 saturated heterocycles. The molecule has 2 rings (SSSR count). The number of hydrogen-bond donors (Lipinski definition) is 1. The third-order valence-corrected chi connectivity index (χ3v) is 3.62. The summed E-state index contributed by atoms with van der Waals surface area (Å²) < 4.78 is 7.52. The van der Waals surface area contributed by atoms with E-state index in [2.05, 4.69) is 15.0 Å². The number of aromatic nitrogens is 4. The van der Waals surface area contributed by atoms with Crippen LogP contribution in [0.2, 0.25) is 0 Å². The maximum Gasteiger partial charge on any atom is 0.265 e. The molecule has 6 nitrogen and oxygen atoms in total. The molecule has 2 heterocycles. The van der Waals surface area contributed by atoms with Crippen LogP contribution in [0.25, 0.3) is 11.5 Å². The molecule has 0 aliphatic carbocycles. The average molecular weight is 360 g/mol. The Morgan fingerprint density at radius 1 is 1.56 bits per heavy atom. The van der Waals surface area contributed by atoms with E-state index >= 15 is 0 Å². The first-order chi connectivity index (χ1) is 8.67. The van der Waals surface area contributed by atoms with E-state index in [0.717, 1.165) is 12.2 Å². The van der Waals surface area contributed by atoms with Crippen molar-refractivity contribution in [2.75, 3.05) is 7.11 Å². The molecule has 0 aliphatic heterocycles. The maximum absolute atomic E-state index is 11.8. The summed E-state index contributed by atoms with van der Waals surface area (Å²) in [6.45, 7) is 3.09. The molecule has 0 atom stereocenters. The molecule has 0 amide bonds. The summed E-state index contributed by atoms with van der Waals surface area (Å²) in [6.07, 6.45) is 3.40. The number of halogens is 1. The van der Waals surface area contributed by atoms with Gasteiger partial charge in [0.25, 0.3) is 5.56 Å². The second-order valence-electron chi connectivity index (χ2n) is 3.67. The molecule has 0 fully saturated rings. The number of hydrogen-bond acceptors (Lipinski definition) is 4. The van der Waals surface area contributed by atoms with Crippen LogP contribution in [0.4, 0.5) is 0 Å². The van der Waals surface area contributed by atoms with Crippen molar-refractivity contribution in [3.63, 3.8) is 0 Å². The van der Waals surface area contributed by atoms with Crippen LogP contribution in [0.5, 0.6) is 0 Å². The van der Waals surface area contributed by atoms with E-state index in [1.54, 1.807) is 19.6 Å². The highest BCUT2D eigenvalue weighted by atomic mass is 127. The minimum atomic E-state index is -0.156. The number of nitrogens with one attached hydrogen (secondary N) is 1. The summed E-state index contributed by atoms with van der Waals surface area (Å²) in [7, 11) is 1.58. The minimum Gasteiger partial charge on any atom is -0.378 e. The second-order valence-corrected chi connectivity index (χ2v) is 4.75. The Kier molecular flexibility index (Phi) is 4.12. The van der Waals surface area contributed by atoms with Gasteiger partial charge >= 0.3 is 0 Å². The number of ether oxygens (including phenoxy) is 1. The smallest absolute Gasteiger partial charge is 0.265 e. The highest BCUT2D eigenvalue weighted by molar-refractivity contribution is 14.1. The van der Waals surface area contributed by atoms with E-state index in [1.807, 2.05) is 34.1 Å². The Hall–Kier alpha value is -1.22. The molecule has 96 valence electrons. The SMILES string of the molecule is CCn1cncc1-c1nc(COC)c(I)c(=O)[nH]1. The lowest BCUT2D eigenvalue weighted by molar-refractivity contribution is 0.180. The number of aromatic amines is 1. The number of rotatable bonds is 4. The standard InChI is InChI=1S/C11H13IN4O2/c1-3-16-6-13-4-8(16)10-14-7(5-18-2)9(12)11(17)15-10/h4,6H,3,5H2,1-2H3,(H,14,15,17). The first kappa shape index (κ1) is 13.2. The number of imidazole rings is 1. The third-order valence-electron chi connectivity index (χ3n) is 2.51. The zero-order chi connectivity index (χ0) is 13.1. The van der Waals surface area contributed by atoms with Crippen LogP contribution < -0.4 is 5.56 Å². The third kappa shape index (κ3) is 2.46.